The van der Waals surface area contributed by atoms with Crippen molar-refractivity contribution < 1.29 is 22.7 Å². The quantitative estimate of drug-likeness (QED) is 0.718. The first-order chi connectivity index (χ1) is 8.85. The third-order valence-corrected chi connectivity index (χ3v) is 5.52. The van der Waals surface area contributed by atoms with Gasteiger partial charge in [0.2, 0.25) is 0 Å². The highest BCUT2D eigenvalue weighted by atomic mass is 19.4. The summed E-state index contributed by atoms with van der Waals surface area (Å²) in [6, 6.07) is 0. The van der Waals surface area contributed by atoms with Crippen molar-refractivity contribution >= 4 is 6.29 Å². The second kappa shape index (κ2) is 3.96. The van der Waals surface area contributed by atoms with Crippen molar-refractivity contribution in [1.82, 2.24) is 0 Å². The molecule has 0 radical (unpaired) electrons. The molecule has 3 saturated carbocycles. The van der Waals surface area contributed by atoms with Crippen LogP contribution in [0.25, 0.3) is 0 Å². The summed E-state index contributed by atoms with van der Waals surface area (Å²) >= 11 is 0. The molecule has 3 fully saturated rings. The molecule has 0 atom stereocenters. The van der Waals surface area contributed by atoms with Gasteiger partial charge in [0.05, 0.1) is 18.6 Å². The van der Waals surface area contributed by atoms with Gasteiger partial charge in [0.25, 0.3) is 0 Å². The molecule has 0 spiro atoms. The number of alkyl halides is 3. The van der Waals surface area contributed by atoms with Crippen LogP contribution in [0.3, 0.4) is 0 Å². The minimum atomic E-state index is -4.14. The molecule has 0 heterocycles. The fraction of sp³-hybridized carbons (Fsp3) is 0.929. The SMILES string of the molecule is O=CC12CCC(COCC3(C(F)(F)F)CC3)(CC1)C2. The van der Waals surface area contributed by atoms with Crippen molar-refractivity contribution in [1.29, 1.82) is 0 Å². The normalized spacial score (nSPS) is 39.5. The second-order valence-electron chi connectivity index (χ2n) is 6.93. The zero-order chi connectivity index (χ0) is 13.8. The Morgan fingerprint density at radius 1 is 1.00 bits per heavy atom. The van der Waals surface area contributed by atoms with E-state index in [0.717, 1.165) is 38.4 Å². The van der Waals surface area contributed by atoms with Crippen LogP contribution >= 0.6 is 0 Å². The Balaban J connectivity index is 1.53. The summed E-state index contributed by atoms with van der Waals surface area (Å²) in [5.74, 6) is 0. The van der Waals surface area contributed by atoms with E-state index >= 15 is 0 Å². The number of aldehydes is 1. The van der Waals surface area contributed by atoms with Gasteiger partial charge in [-0.3, -0.25) is 0 Å². The summed E-state index contributed by atoms with van der Waals surface area (Å²) in [7, 11) is 0. The summed E-state index contributed by atoms with van der Waals surface area (Å²) in [4.78, 5) is 11.1. The van der Waals surface area contributed by atoms with Crippen LogP contribution in [0.1, 0.15) is 44.9 Å². The molecule has 2 bridgehead atoms. The van der Waals surface area contributed by atoms with Gasteiger partial charge in [-0.1, -0.05) is 0 Å². The molecule has 0 aromatic rings. The highest BCUT2D eigenvalue weighted by Gasteiger charge is 2.63. The number of fused-ring (bicyclic) bond motifs is 2. The average molecular weight is 276 g/mol. The Hall–Kier alpha value is -0.580. The molecule has 5 heteroatoms. The van der Waals surface area contributed by atoms with Gasteiger partial charge in [-0.15, -0.1) is 0 Å². The molecule has 0 aromatic heterocycles. The van der Waals surface area contributed by atoms with Crippen LogP contribution in [0.5, 0.6) is 0 Å². The van der Waals surface area contributed by atoms with E-state index in [-0.39, 0.29) is 30.3 Å². The van der Waals surface area contributed by atoms with Crippen molar-refractivity contribution in [2.75, 3.05) is 13.2 Å². The Kier molecular flexibility index (Phi) is 2.80. The predicted molar refractivity (Wildman–Crippen MR) is 62.6 cm³/mol. The van der Waals surface area contributed by atoms with Gasteiger partial charge in [0, 0.05) is 5.41 Å². The van der Waals surface area contributed by atoms with Crippen LogP contribution in [-0.4, -0.2) is 25.7 Å². The highest BCUT2D eigenvalue weighted by molar-refractivity contribution is 5.61. The summed E-state index contributed by atoms with van der Waals surface area (Å²) in [6.07, 6.45) is 1.72. The van der Waals surface area contributed by atoms with Crippen LogP contribution in [0.2, 0.25) is 0 Å². The number of rotatable bonds is 5. The molecule has 0 N–H and O–H groups in total. The topological polar surface area (TPSA) is 26.3 Å². The van der Waals surface area contributed by atoms with Gasteiger partial charge in [0.15, 0.2) is 0 Å². The Bertz CT molecular complexity index is 377. The minimum absolute atomic E-state index is 0.0252. The maximum absolute atomic E-state index is 12.8. The van der Waals surface area contributed by atoms with Crippen LogP contribution in [0, 0.1) is 16.2 Å². The number of hydrogen-bond acceptors (Lipinski definition) is 2. The van der Waals surface area contributed by atoms with Gasteiger partial charge >= 0.3 is 6.18 Å². The lowest BCUT2D eigenvalue weighted by atomic mass is 9.83. The van der Waals surface area contributed by atoms with E-state index in [4.69, 9.17) is 4.74 Å². The Morgan fingerprint density at radius 3 is 2.05 bits per heavy atom. The van der Waals surface area contributed by atoms with E-state index in [1.54, 1.807) is 0 Å². The summed E-state index contributed by atoms with van der Waals surface area (Å²) in [5, 5.41) is 0. The minimum Gasteiger partial charge on any atom is -0.380 e. The maximum Gasteiger partial charge on any atom is 0.396 e. The molecule has 0 aromatic carbocycles. The molecular weight excluding hydrogens is 257 g/mol. The van der Waals surface area contributed by atoms with E-state index in [1.807, 2.05) is 0 Å². The van der Waals surface area contributed by atoms with Crippen LogP contribution in [0.15, 0.2) is 0 Å². The van der Waals surface area contributed by atoms with Crippen molar-refractivity contribution in [3.05, 3.63) is 0 Å². The molecule has 3 aliphatic rings. The number of carbonyl (C=O) groups excluding carboxylic acids is 1. The monoisotopic (exact) mass is 276 g/mol. The number of ether oxygens (including phenoxy) is 1. The first-order valence-corrected chi connectivity index (χ1v) is 6.95. The van der Waals surface area contributed by atoms with E-state index in [1.165, 1.54) is 0 Å². The lowest BCUT2D eigenvalue weighted by molar-refractivity contribution is -0.203. The smallest absolute Gasteiger partial charge is 0.380 e. The van der Waals surface area contributed by atoms with Crippen LogP contribution in [-0.2, 0) is 9.53 Å². The molecule has 0 unspecified atom stereocenters. The van der Waals surface area contributed by atoms with E-state index < -0.39 is 11.6 Å². The van der Waals surface area contributed by atoms with E-state index in [9.17, 15) is 18.0 Å². The third-order valence-electron chi connectivity index (χ3n) is 5.52. The summed E-state index contributed by atoms with van der Waals surface area (Å²) < 4.78 is 43.8. The highest BCUT2D eigenvalue weighted by Crippen LogP contribution is 2.61. The fourth-order valence-electron chi connectivity index (χ4n) is 3.86. The summed E-state index contributed by atoms with van der Waals surface area (Å²) in [6.45, 7) is 0.187. The fourth-order valence-corrected chi connectivity index (χ4v) is 3.86. The van der Waals surface area contributed by atoms with Gasteiger partial charge in [-0.25, -0.2) is 0 Å². The predicted octanol–water partition coefficient (Wildman–Crippen LogP) is 3.49. The number of halogens is 3. The van der Waals surface area contributed by atoms with Crippen molar-refractivity contribution in [2.24, 2.45) is 16.2 Å². The zero-order valence-electron chi connectivity index (χ0n) is 10.9. The molecule has 2 nitrogen and oxygen atoms in total. The van der Waals surface area contributed by atoms with Crippen LogP contribution in [0.4, 0.5) is 13.2 Å². The molecule has 108 valence electrons. The van der Waals surface area contributed by atoms with Gasteiger partial charge in [-0.05, 0) is 50.4 Å². The average Bonchev–Trinajstić information content (AvgIpc) is 2.96. The van der Waals surface area contributed by atoms with Crippen LogP contribution < -0.4 is 0 Å². The largest absolute Gasteiger partial charge is 0.396 e. The van der Waals surface area contributed by atoms with Gasteiger partial charge < -0.3 is 9.53 Å². The Labute approximate surface area is 110 Å². The van der Waals surface area contributed by atoms with Gasteiger partial charge in [0.1, 0.15) is 6.29 Å². The lowest BCUT2D eigenvalue weighted by Crippen LogP contribution is -2.31. The number of hydrogen-bond donors (Lipinski definition) is 0. The standard InChI is InChI=1S/C14H19F3O2/c15-14(16,17)13(5-6-13)10-19-9-12-3-1-11(7-12,8-18)2-4-12/h8H,1-7,9-10H2. The second-order valence-corrected chi connectivity index (χ2v) is 6.93. The maximum atomic E-state index is 12.8. The van der Waals surface area contributed by atoms with Crippen molar-refractivity contribution in [3.8, 4) is 0 Å². The number of carbonyl (C=O) groups is 1. The molecule has 3 aliphatic carbocycles. The van der Waals surface area contributed by atoms with E-state index in [0.29, 0.717) is 6.61 Å². The Morgan fingerprint density at radius 2 is 1.63 bits per heavy atom. The molecule has 3 rings (SSSR count). The molecule has 0 amide bonds. The third kappa shape index (κ3) is 2.10. The molecule has 19 heavy (non-hydrogen) atoms. The molecular formula is C14H19F3O2. The first kappa shape index (κ1) is 13.4. The van der Waals surface area contributed by atoms with Crippen molar-refractivity contribution in [3.63, 3.8) is 0 Å². The summed E-state index contributed by atoms with van der Waals surface area (Å²) in [5.41, 5.74) is -1.78. The van der Waals surface area contributed by atoms with E-state index in [2.05, 4.69) is 0 Å². The zero-order valence-corrected chi connectivity index (χ0v) is 10.9. The molecule has 0 aliphatic heterocycles. The van der Waals surface area contributed by atoms with Crippen molar-refractivity contribution in [2.45, 2.75) is 51.1 Å². The van der Waals surface area contributed by atoms with Gasteiger partial charge in [-0.2, -0.15) is 13.2 Å². The lowest BCUT2D eigenvalue weighted by Gasteiger charge is -2.28. The first-order valence-electron chi connectivity index (χ1n) is 6.95. The molecule has 0 saturated heterocycles.